The van der Waals surface area contributed by atoms with E-state index in [0.29, 0.717) is 11.5 Å². The summed E-state index contributed by atoms with van der Waals surface area (Å²) in [6.07, 6.45) is 1.72. The molecule has 1 aliphatic heterocycles. The predicted molar refractivity (Wildman–Crippen MR) is 95.7 cm³/mol. The molecule has 0 bridgehead atoms. The average molecular weight is 419 g/mol. The van der Waals surface area contributed by atoms with Gasteiger partial charge in [-0.2, -0.15) is 13.2 Å². The lowest BCUT2D eigenvalue weighted by molar-refractivity contribution is -0.133. The van der Waals surface area contributed by atoms with E-state index >= 15 is 0 Å². The van der Waals surface area contributed by atoms with E-state index in [1.807, 2.05) is 0 Å². The summed E-state index contributed by atoms with van der Waals surface area (Å²) in [4.78, 5) is 24.0. The summed E-state index contributed by atoms with van der Waals surface area (Å²) in [6, 6.07) is 2.67. The number of carbonyl (C=O) groups is 2. The van der Waals surface area contributed by atoms with Gasteiger partial charge in [0.05, 0.1) is 29.1 Å². The summed E-state index contributed by atoms with van der Waals surface area (Å²) in [5.74, 6) is -1.32. The Bertz CT molecular complexity index is 781. The van der Waals surface area contributed by atoms with Crippen molar-refractivity contribution in [3.63, 3.8) is 0 Å². The van der Waals surface area contributed by atoms with Gasteiger partial charge in [0.1, 0.15) is 5.82 Å². The van der Waals surface area contributed by atoms with Gasteiger partial charge in [-0.1, -0.05) is 6.07 Å². The molecule has 1 aromatic rings. The third-order valence-corrected chi connectivity index (χ3v) is 5.59. The molecule has 1 aromatic carbocycles. The fraction of sp³-hybridized carbons (Fsp3) is 0.556. The summed E-state index contributed by atoms with van der Waals surface area (Å²) in [5.41, 5.74) is -5.30. The third kappa shape index (κ3) is 5.16. The standard InChI is InChI=1S/C18H21F4N3O2S/c1-17(2,10-5-6-13(11(19)7-10)28-18(20,21)22)25-16(27)12-8-14(26)24-15(23-12)9-3-4-9/h5-7,9,12,15,23H,3-4,8H2,1-2H3,(H,24,26)(H,25,27). The van der Waals surface area contributed by atoms with Crippen LogP contribution in [0.5, 0.6) is 0 Å². The number of hydrogen-bond donors (Lipinski definition) is 3. The van der Waals surface area contributed by atoms with Crippen molar-refractivity contribution >= 4 is 23.6 Å². The Kier molecular flexibility index (Phi) is 5.64. The Morgan fingerprint density at radius 2 is 1.93 bits per heavy atom. The molecule has 10 heteroatoms. The first kappa shape index (κ1) is 20.9. The molecule has 28 heavy (non-hydrogen) atoms. The van der Waals surface area contributed by atoms with Crippen LogP contribution in [0.2, 0.25) is 0 Å². The molecule has 5 nitrogen and oxygen atoms in total. The van der Waals surface area contributed by atoms with Crippen molar-refractivity contribution in [2.75, 3.05) is 0 Å². The monoisotopic (exact) mass is 419 g/mol. The fourth-order valence-corrected chi connectivity index (χ4v) is 3.69. The van der Waals surface area contributed by atoms with Crippen LogP contribution in [0.15, 0.2) is 23.1 Å². The van der Waals surface area contributed by atoms with Crippen molar-refractivity contribution in [1.29, 1.82) is 0 Å². The van der Waals surface area contributed by atoms with E-state index < -0.39 is 45.5 Å². The Labute approximate surface area is 164 Å². The van der Waals surface area contributed by atoms with Gasteiger partial charge in [0.25, 0.3) is 0 Å². The van der Waals surface area contributed by atoms with Crippen molar-refractivity contribution in [3.8, 4) is 0 Å². The van der Waals surface area contributed by atoms with Crippen molar-refractivity contribution in [3.05, 3.63) is 29.6 Å². The Morgan fingerprint density at radius 1 is 1.25 bits per heavy atom. The minimum atomic E-state index is -4.59. The van der Waals surface area contributed by atoms with Gasteiger partial charge in [-0.15, -0.1) is 0 Å². The van der Waals surface area contributed by atoms with Gasteiger partial charge >= 0.3 is 5.51 Å². The maximum Gasteiger partial charge on any atom is 0.446 e. The second kappa shape index (κ2) is 7.55. The van der Waals surface area contributed by atoms with Crippen LogP contribution in [0.4, 0.5) is 17.6 Å². The molecule has 0 aromatic heterocycles. The number of carbonyl (C=O) groups excluding carboxylic acids is 2. The van der Waals surface area contributed by atoms with E-state index in [1.165, 1.54) is 6.07 Å². The highest BCUT2D eigenvalue weighted by atomic mass is 32.2. The van der Waals surface area contributed by atoms with Crippen molar-refractivity contribution in [2.45, 2.75) is 61.3 Å². The molecule has 2 fully saturated rings. The highest BCUT2D eigenvalue weighted by molar-refractivity contribution is 8.00. The van der Waals surface area contributed by atoms with Crippen LogP contribution in [0.25, 0.3) is 0 Å². The van der Waals surface area contributed by atoms with Crippen molar-refractivity contribution in [1.82, 2.24) is 16.0 Å². The molecular formula is C18H21F4N3O2S. The predicted octanol–water partition coefficient (Wildman–Crippen LogP) is 3.00. The molecule has 0 spiro atoms. The number of amides is 2. The lowest BCUT2D eigenvalue weighted by Crippen LogP contribution is -2.62. The number of benzene rings is 1. The van der Waals surface area contributed by atoms with Crippen LogP contribution in [0.1, 0.15) is 38.7 Å². The van der Waals surface area contributed by atoms with Gasteiger partial charge in [0.15, 0.2) is 0 Å². The summed E-state index contributed by atoms with van der Waals surface area (Å²) < 4.78 is 51.5. The molecule has 2 amide bonds. The first-order chi connectivity index (χ1) is 12.9. The molecule has 2 unspecified atom stereocenters. The third-order valence-electron chi connectivity index (χ3n) is 4.81. The molecular weight excluding hydrogens is 398 g/mol. The molecule has 3 rings (SSSR count). The number of halogens is 4. The molecule has 1 aliphatic carbocycles. The number of nitrogens with one attached hydrogen (secondary N) is 3. The van der Waals surface area contributed by atoms with Crippen molar-refractivity contribution < 1.29 is 27.2 Å². The molecule has 3 N–H and O–H groups in total. The van der Waals surface area contributed by atoms with Crippen LogP contribution in [-0.2, 0) is 15.1 Å². The van der Waals surface area contributed by atoms with Gasteiger partial charge in [-0.3, -0.25) is 14.9 Å². The Balaban J connectivity index is 1.69. The summed E-state index contributed by atoms with van der Waals surface area (Å²) in [5, 5.41) is 8.70. The summed E-state index contributed by atoms with van der Waals surface area (Å²) in [7, 11) is 0. The molecule has 2 aliphatic rings. The molecule has 2 atom stereocenters. The van der Waals surface area contributed by atoms with Crippen molar-refractivity contribution in [2.24, 2.45) is 5.92 Å². The highest BCUT2D eigenvalue weighted by Gasteiger charge is 2.40. The van der Waals surface area contributed by atoms with E-state index in [0.717, 1.165) is 25.0 Å². The average Bonchev–Trinajstić information content (AvgIpc) is 3.39. The zero-order valence-electron chi connectivity index (χ0n) is 15.3. The van der Waals surface area contributed by atoms with Crippen LogP contribution < -0.4 is 16.0 Å². The minimum Gasteiger partial charge on any atom is -0.346 e. The second-order valence-electron chi connectivity index (χ2n) is 7.61. The van der Waals surface area contributed by atoms with Gasteiger partial charge in [-0.05, 0) is 62.1 Å². The van der Waals surface area contributed by atoms with Gasteiger partial charge < -0.3 is 10.6 Å². The van der Waals surface area contributed by atoms with E-state index in [1.54, 1.807) is 13.8 Å². The first-order valence-electron chi connectivity index (χ1n) is 8.88. The van der Waals surface area contributed by atoms with Crippen LogP contribution >= 0.6 is 11.8 Å². The SMILES string of the molecule is CC(C)(NC(=O)C1CC(=O)NC(C2CC2)N1)c1ccc(SC(F)(F)F)c(F)c1. The van der Waals surface area contributed by atoms with Crippen LogP contribution in [0, 0.1) is 11.7 Å². The number of alkyl halides is 3. The van der Waals surface area contributed by atoms with Crippen LogP contribution in [0.3, 0.4) is 0 Å². The van der Waals surface area contributed by atoms with E-state index in [4.69, 9.17) is 0 Å². The second-order valence-corrected chi connectivity index (χ2v) is 8.72. The number of thioether (sulfide) groups is 1. The van der Waals surface area contributed by atoms with Crippen LogP contribution in [-0.4, -0.2) is 29.5 Å². The maximum atomic E-state index is 14.1. The Hall–Kier alpha value is -1.81. The summed E-state index contributed by atoms with van der Waals surface area (Å²) >= 11 is -0.524. The maximum absolute atomic E-state index is 14.1. The quantitative estimate of drug-likeness (QED) is 0.507. The zero-order chi connectivity index (χ0) is 20.7. The van der Waals surface area contributed by atoms with E-state index in [-0.39, 0.29) is 18.5 Å². The van der Waals surface area contributed by atoms with Gasteiger partial charge in [-0.25, -0.2) is 4.39 Å². The number of rotatable bonds is 5. The first-order valence-corrected chi connectivity index (χ1v) is 9.69. The molecule has 154 valence electrons. The number of hydrogen-bond acceptors (Lipinski definition) is 4. The summed E-state index contributed by atoms with van der Waals surface area (Å²) in [6.45, 7) is 3.25. The largest absolute Gasteiger partial charge is 0.446 e. The molecule has 1 saturated carbocycles. The smallest absolute Gasteiger partial charge is 0.346 e. The lowest BCUT2D eigenvalue weighted by Gasteiger charge is -2.34. The highest BCUT2D eigenvalue weighted by Crippen LogP contribution is 2.39. The molecule has 1 heterocycles. The zero-order valence-corrected chi connectivity index (χ0v) is 16.1. The molecule has 1 saturated heterocycles. The molecule has 0 radical (unpaired) electrons. The normalized spacial score (nSPS) is 23.3. The fourth-order valence-electron chi connectivity index (χ4n) is 3.15. The van der Waals surface area contributed by atoms with Gasteiger partial charge in [0, 0.05) is 0 Å². The van der Waals surface area contributed by atoms with Gasteiger partial charge in [0.2, 0.25) is 11.8 Å². The topological polar surface area (TPSA) is 70.2 Å². The Morgan fingerprint density at radius 3 is 2.50 bits per heavy atom. The minimum absolute atomic E-state index is 0.0132. The van der Waals surface area contributed by atoms with E-state index in [9.17, 15) is 27.2 Å². The lowest BCUT2D eigenvalue weighted by atomic mass is 9.93. The van der Waals surface area contributed by atoms with E-state index in [2.05, 4.69) is 16.0 Å².